The van der Waals surface area contributed by atoms with Gasteiger partial charge in [-0.05, 0) is 24.8 Å². The number of carbonyl (C=O) groups is 2. The van der Waals surface area contributed by atoms with E-state index in [0.29, 0.717) is 32.7 Å². The fourth-order valence-corrected chi connectivity index (χ4v) is 1.83. The van der Waals surface area contributed by atoms with Gasteiger partial charge in [0.2, 0.25) is 0 Å². The average molecular weight is 292 g/mol. The van der Waals surface area contributed by atoms with E-state index in [2.05, 4.69) is 10.6 Å². The third-order valence-electron chi connectivity index (χ3n) is 3.10. The Labute approximate surface area is 126 Å². The number of benzene rings is 1. The van der Waals surface area contributed by atoms with Crippen molar-refractivity contribution in [1.29, 1.82) is 0 Å². The lowest BCUT2D eigenvalue weighted by Crippen LogP contribution is -2.41. The monoisotopic (exact) mass is 292 g/mol. The van der Waals surface area contributed by atoms with Gasteiger partial charge in [-0.25, -0.2) is 0 Å². The largest absolute Gasteiger partial charge is 0.382 e. The van der Waals surface area contributed by atoms with E-state index in [-0.39, 0.29) is 5.92 Å². The molecule has 2 amide bonds. The molecule has 0 aliphatic rings. The number of hydrogen-bond donors (Lipinski definition) is 2. The van der Waals surface area contributed by atoms with Crippen LogP contribution in [0.25, 0.3) is 0 Å². The first-order valence-electron chi connectivity index (χ1n) is 7.33. The van der Waals surface area contributed by atoms with Gasteiger partial charge in [0.15, 0.2) is 0 Å². The minimum absolute atomic E-state index is 0.168. The second kappa shape index (κ2) is 9.94. The van der Waals surface area contributed by atoms with Gasteiger partial charge >= 0.3 is 11.8 Å². The number of carbonyl (C=O) groups excluding carboxylic acids is 2. The molecule has 0 heterocycles. The van der Waals surface area contributed by atoms with Crippen LogP contribution < -0.4 is 10.6 Å². The van der Waals surface area contributed by atoms with Crippen LogP contribution in [-0.4, -0.2) is 38.1 Å². The van der Waals surface area contributed by atoms with Gasteiger partial charge in [-0.3, -0.25) is 9.59 Å². The molecule has 1 aromatic carbocycles. The van der Waals surface area contributed by atoms with E-state index in [1.54, 1.807) is 0 Å². The van der Waals surface area contributed by atoms with Crippen molar-refractivity contribution in [2.75, 3.05) is 26.3 Å². The van der Waals surface area contributed by atoms with Crippen LogP contribution in [0.5, 0.6) is 0 Å². The molecule has 0 unspecified atom stereocenters. The summed E-state index contributed by atoms with van der Waals surface area (Å²) in [6.45, 7) is 6.06. The maximum Gasteiger partial charge on any atom is 0.309 e. The standard InChI is InChI=1S/C16H24N2O3/c1-3-21-11-7-10-17-15(19)16(20)18-12-13(2)14-8-5-4-6-9-14/h4-6,8-9,13H,3,7,10-12H2,1-2H3,(H,17,19)(H,18,20)/t13-/m1/s1. The van der Waals surface area contributed by atoms with E-state index in [0.717, 1.165) is 5.56 Å². The van der Waals surface area contributed by atoms with Crippen molar-refractivity contribution >= 4 is 11.8 Å². The third-order valence-corrected chi connectivity index (χ3v) is 3.10. The van der Waals surface area contributed by atoms with E-state index < -0.39 is 11.8 Å². The molecule has 116 valence electrons. The van der Waals surface area contributed by atoms with Crippen molar-refractivity contribution in [3.63, 3.8) is 0 Å². The normalized spacial score (nSPS) is 11.7. The summed E-state index contributed by atoms with van der Waals surface area (Å²) in [7, 11) is 0. The van der Waals surface area contributed by atoms with Gasteiger partial charge in [-0.1, -0.05) is 37.3 Å². The van der Waals surface area contributed by atoms with Crippen LogP contribution in [-0.2, 0) is 14.3 Å². The van der Waals surface area contributed by atoms with Gasteiger partial charge in [0.1, 0.15) is 0 Å². The highest BCUT2D eigenvalue weighted by Crippen LogP contribution is 2.12. The molecule has 21 heavy (non-hydrogen) atoms. The van der Waals surface area contributed by atoms with Gasteiger partial charge in [-0.2, -0.15) is 0 Å². The summed E-state index contributed by atoms with van der Waals surface area (Å²) >= 11 is 0. The summed E-state index contributed by atoms with van der Waals surface area (Å²) in [4.78, 5) is 23.2. The number of ether oxygens (including phenoxy) is 1. The van der Waals surface area contributed by atoms with E-state index in [4.69, 9.17) is 4.74 Å². The summed E-state index contributed by atoms with van der Waals surface area (Å²) in [6.07, 6.45) is 0.702. The van der Waals surface area contributed by atoms with Crippen LogP contribution in [0.4, 0.5) is 0 Å². The predicted octanol–water partition coefficient (Wildman–Crippen LogP) is 1.45. The van der Waals surface area contributed by atoms with Gasteiger partial charge in [-0.15, -0.1) is 0 Å². The molecule has 0 aliphatic carbocycles. The van der Waals surface area contributed by atoms with Crippen molar-refractivity contribution in [2.24, 2.45) is 0 Å². The van der Waals surface area contributed by atoms with Crippen molar-refractivity contribution in [1.82, 2.24) is 10.6 Å². The smallest absolute Gasteiger partial charge is 0.309 e. The SMILES string of the molecule is CCOCCCNC(=O)C(=O)NC[C@@H](C)c1ccccc1. The molecule has 0 bridgehead atoms. The maximum absolute atomic E-state index is 11.6. The van der Waals surface area contributed by atoms with E-state index in [1.807, 2.05) is 44.2 Å². The highest BCUT2D eigenvalue weighted by Gasteiger charge is 2.14. The Hall–Kier alpha value is -1.88. The first kappa shape index (κ1) is 17.2. The fraction of sp³-hybridized carbons (Fsp3) is 0.500. The Morgan fingerprint density at radius 3 is 2.48 bits per heavy atom. The summed E-state index contributed by atoms with van der Waals surface area (Å²) in [5.41, 5.74) is 1.13. The zero-order chi connectivity index (χ0) is 15.5. The molecule has 0 radical (unpaired) electrons. The fourth-order valence-electron chi connectivity index (χ4n) is 1.83. The molecule has 0 saturated carbocycles. The van der Waals surface area contributed by atoms with Crippen molar-refractivity contribution in [2.45, 2.75) is 26.2 Å². The molecule has 5 heteroatoms. The number of amides is 2. The highest BCUT2D eigenvalue weighted by molar-refractivity contribution is 6.35. The Morgan fingerprint density at radius 2 is 1.81 bits per heavy atom. The van der Waals surface area contributed by atoms with E-state index >= 15 is 0 Å². The van der Waals surface area contributed by atoms with Crippen molar-refractivity contribution in [3.05, 3.63) is 35.9 Å². The Balaban J connectivity index is 2.22. The number of rotatable bonds is 8. The summed E-state index contributed by atoms with van der Waals surface area (Å²) in [5.74, 6) is -1.01. The zero-order valence-electron chi connectivity index (χ0n) is 12.7. The minimum atomic E-state index is -0.591. The molecular weight excluding hydrogens is 268 g/mol. The van der Waals surface area contributed by atoms with Crippen LogP contribution in [0, 0.1) is 0 Å². The Bertz CT molecular complexity index is 434. The highest BCUT2D eigenvalue weighted by atomic mass is 16.5. The molecule has 1 rings (SSSR count). The van der Waals surface area contributed by atoms with Gasteiger partial charge in [0.25, 0.3) is 0 Å². The van der Waals surface area contributed by atoms with Crippen molar-refractivity contribution in [3.8, 4) is 0 Å². The second-order valence-electron chi connectivity index (χ2n) is 4.83. The Kier molecular flexibility index (Phi) is 8.12. The predicted molar refractivity (Wildman–Crippen MR) is 82.0 cm³/mol. The first-order valence-corrected chi connectivity index (χ1v) is 7.33. The minimum Gasteiger partial charge on any atom is -0.382 e. The lowest BCUT2D eigenvalue weighted by molar-refractivity contribution is -0.139. The van der Waals surface area contributed by atoms with Crippen LogP contribution in [0.2, 0.25) is 0 Å². The van der Waals surface area contributed by atoms with E-state index in [9.17, 15) is 9.59 Å². The van der Waals surface area contributed by atoms with Gasteiger partial charge < -0.3 is 15.4 Å². The molecule has 0 spiro atoms. The summed E-state index contributed by atoms with van der Waals surface area (Å²) in [5, 5.41) is 5.22. The van der Waals surface area contributed by atoms with Crippen LogP contribution in [0.1, 0.15) is 31.7 Å². The van der Waals surface area contributed by atoms with E-state index in [1.165, 1.54) is 0 Å². The maximum atomic E-state index is 11.6. The molecule has 2 N–H and O–H groups in total. The molecule has 0 aromatic heterocycles. The molecule has 0 aliphatic heterocycles. The molecule has 0 saturated heterocycles. The second-order valence-corrected chi connectivity index (χ2v) is 4.83. The quantitative estimate of drug-likeness (QED) is 0.563. The summed E-state index contributed by atoms with van der Waals surface area (Å²) < 4.78 is 5.15. The number of hydrogen-bond acceptors (Lipinski definition) is 3. The summed E-state index contributed by atoms with van der Waals surface area (Å²) in [6, 6.07) is 9.87. The lowest BCUT2D eigenvalue weighted by atomic mass is 10.0. The number of nitrogens with one attached hydrogen (secondary N) is 2. The average Bonchev–Trinajstić information content (AvgIpc) is 2.52. The van der Waals surface area contributed by atoms with Crippen LogP contribution in [0.3, 0.4) is 0 Å². The molecule has 5 nitrogen and oxygen atoms in total. The molecule has 1 atom stereocenters. The van der Waals surface area contributed by atoms with Crippen LogP contribution in [0.15, 0.2) is 30.3 Å². The molecule has 0 fully saturated rings. The first-order chi connectivity index (χ1) is 10.1. The topological polar surface area (TPSA) is 67.4 Å². The molecular formula is C16H24N2O3. The van der Waals surface area contributed by atoms with Gasteiger partial charge in [0.05, 0.1) is 0 Å². The zero-order valence-corrected chi connectivity index (χ0v) is 12.7. The van der Waals surface area contributed by atoms with Gasteiger partial charge in [0, 0.05) is 26.3 Å². The van der Waals surface area contributed by atoms with Crippen LogP contribution >= 0.6 is 0 Å². The molecule has 1 aromatic rings. The van der Waals surface area contributed by atoms with Crippen molar-refractivity contribution < 1.29 is 14.3 Å². The third kappa shape index (κ3) is 6.90. The lowest BCUT2D eigenvalue weighted by Gasteiger charge is -2.13. The Morgan fingerprint density at radius 1 is 1.14 bits per heavy atom.